The number of aryl methyl sites for hydroxylation is 1. The molecule has 0 saturated heterocycles. The summed E-state index contributed by atoms with van der Waals surface area (Å²) in [5.74, 6) is -0.924. The van der Waals surface area contributed by atoms with Crippen molar-refractivity contribution in [3.63, 3.8) is 0 Å². The Balaban J connectivity index is 3.24. The second-order valence-corrected chi connectivity index (χ2v) is 5.57. The van der Waals surface area contributed by atoms with E-state index in [4.69, 9.17) is 4.74 Å². The maximum atomic E-state index is 12.1. The van der Waals surface area contributed by atoms with Crippen LogP contribution in [0.1, 0.15) is 45.2 Å². The smallest absolute Gasteiger partial charge is 0.312 e. The Kier molecular flexibility index (Phi) is 5.75. The van der Waals surface area contributed by atoms with Crippen LogP contribution in [0, 0.1) is 11.8 Å². The van der Waals surface area contributed by atoms with Crippen molar-refractivity contribution in [1.29, 1.82) is 0 Å². The first-order chi connectivity index (χ1) is 9.40. The van der Waals surface area contributed by atoms with Gasteiger partial charge in [0.1, 0.15) is 5.60 Å². The van der Waals surface area contributed by atoms with Crippen molar-refractivity contribution in [1.82, 2.24) is 0 Å². The summed E-state index contributed by atoms with van der Waals surface area (Å²) < 4.78 is 4.89. The van der Waals surface area contributed by atoms with Crippen LogP contribution >= 0.6 is 0 Å². The van der Waals surface area contributed by atoms with Crippen molar-refractivity contribution in [2.45, 2.75) is 46.1 Å². The summed E-state index contributed by atoms with van der Waals surface area (Å²) in [5.41, 5.74) is 0.806. The van der Waals surface area contributed by atoms with Crippen molar-refractivity contribution >= 4 is 5.97 Å². The van der Waals surface area contributed by atoms with E-state index in [0.717, 1.165) is 12.0 Å². The Morgan fingerprint density at radius 2 is 1.80 bits per heavy atom. The van der Waals surface area contributed by atoms with E-state index < -0.39 is 11.5 Å². The molecule has 2 unspecified atom stereocenters. The molecule has 112 valence electrons. The lowest BCUT2D eigenvalue weighted by Gasteiger charge is -2.36. The molecule has 0 aliphatic heterocycles. The molecule has 1 N–H and O–H groups in total. The van der Waals surface area contributed by atoms with E-state index in [2.05, 4.69) is 6.92 Å². The van der Waals surface area contributed by atoms with Gasteiger partial charge in [-0.25, -0.2) is 0 Å². The van der Waals surface area contributed by atoms with E-state index in [1.165, 1.54) is 12.7 Å². The van der Waals surface area contributed by atoms with Gasteiger partial charge in [-0.1, -0.05) is 52.0 Å². The molecular formula is C17H26O3. The van der Waals surface area contributed by atoms with Crippen LogP contribution in [-0.2, 0) is 21.6 Å². The van der Waals surface area contributed by atoms with E-state index >= 15 is 0 Å². The van der Waals surface area contributed by atoms with Crippen LogP contribution in [0.15, 0.2) is 24.3 Å². The molecule has 0 fully saturated rings. The third-order valence-electron chi connectivity index (χ3n) is 4.04. The Hall–Kier alpha value is -1.35. The molecule has 2 atom stereocenters. The van der Waals surface area contributed by atoms with Crippen molar-refractivity contribution in [3.05, 3.63) is 35.4 Å². The van der Waals surface area contributed by atoms with Crippen molar-refractivity contribution in [2.75, 3.05) is 7.11 Å². The van der Waals surface area contributed by atoms with Crippen molar-refractivity contribution in [3.8, 4) is 0 Å². The number of rotatable bonds is 6. The fourth-order valence-electron chi connectivity index (χ4n) is 2.78. The molecule has 20 heavy (non-hydrogen) atoms. The first kappa shape index (κ1) is 16.7. The lowest BCUT2D eigenvalue weighted by Crippen LogP contribution is -2.43. The van der Waals surface area contributed by atoms with Gasteiger partial charge in [0.15, 0.2) is 0 Å². The average Bonchev–Trinajstić information content (AvgIpc) is 2.46. The van der Waals surface area contributed by atoms with Crippen LogP contribution in [0.4, 0.5) is 0 Å². The molecule has 1 aromatic carbocycles. The van der Waals surface area contributed by atoms with E-state index in [9.17, 15) is 9.90 Å². The average molecular weight is 278 g/mol. The fraction of sp³-hybridized carbons (Fsp3) is 0.588. The minimum Gasteiger partial charge on any atom is -0.469 e. The lowest BCUT2D eigenvalue weighted by molar-refractivity contribution is -0.161. The molecule has 0 aliphatic carbocycles. The molecule has 0 aliphatic rings. The van der Waals surface area contributed by atoms with Gasteiger partial charge in [0.25, 0.3) is 0 Å². The number of carbonyl (C=O) groups is 1. The number of esters is 1. The van der Waals surface area contributed by atoms with Crippen LogP contribution in [0.25, 0.3) is 0 Å². The zero-order valence-electron chi connectivity index (χ0n) is 13.1. The quantitative estimate of drug-likeness (QED) is 0.812. The highest BCUT2D eigenvalue weighted by atomic mass is 16.5. The number of carbonyl (C=O) groups excluding carboxylic acids is 1. The molecule has 0 spiro atoms. The van der Waals surface area contributed by atoms with Crippen LogP contribution in [0.5, 0.6) is 0 Å². The second kappa shape index (κ2) is 6.89. The third-order valence-corrected chi connectivity index (χ3v) is 4.04. The number of hydrogen-bond acceptors (Lipinski definition) is 3. The minimum absolute atomic E-state index is 0.00162. The highest BCUT2D eigenvalue weighted by molar-refractivity contribution is 5.74. The predicted octanol–water partition coefficient (Wildman–Crippen LogP) is 3.29. The van der Waals surface area contributed by atoms with Crippen molar-refractivity contribution < 1.29 is 14.6 Å². The highest BCUT2D eigenvalue weighted by Gasteiger charge is 2.44. The first-order valence-corrected chi connectivity index (χ1v) is 7.30. The van der Waals surface area contributed by atoms with Gasteiger partial charge >= 0.3 is 5.97 Å². The fourth-order valence-corrected chi connectivity index (χ4v) is 2.78. The molecule has 0 saturated carbocycles. The predicted molar refractivity (Wildman–Crippen MR) is 80.4 cm³/mol. The van der Waals surface area contributed by atoms with Gasteiger partial charge in [-0.15, -0.1) is 0 Å². The van der Waals surface area contributed by atoms with Gasteiger partial charge in [0.05, 0.1) is 13.0 Å². The summed E-state index contributed by atoms with van der Waals surface area (Å²) >= 11 is 0. The maximum absolute atomic E-state index is 12.1. The zero-order chi connectivity index (χ0) is 15.3. The normalized spacial score (nSPS) is 15.8. The Morgan fingerprint density at radius 3 is 2.15 bits per heavy atom. The molecule has 3 nitrogen and oxygen atoms in total. The topological polar surface area (TPSA) is 46.5 Å². The molecule has 1 aromatic rings. The number of benzene rings is 1. The van der Waals surface area contributed by atoms with Gasteiger partial charge < -0.3 is 9.84 Å². The summed E-state index contributed by atoms with van der Waals surface area (Å²) in [4.78, 5) is 12.1. The minimum atomic E-state index is -1.19. The number of ether oxygens (including phenoxy) is 1. The number of aliphatic hydroxyl groups is 1. The van der Waals surface area contributed by atoms with Gasteiger partial charge in [-0.3, -0.25) is 4.79 Å². The SMILES string of the molecule is CCc1ccc(C(O)(CC)C(C(=O)OC)C(C)C)cc1. The first-order valence-electron chi connectivity index (χ1n) is 7.30. The number of hydrogen-bond donors (Lipinski definition) is 1. The summed E-state index contributed by atoms with van der Waals surface area (Å²) in [5, 5.41) is 11.1. The van der Waals surface area contributed by atoms with Gasteiger partial charge in [-0.05, 0) is 29.9 Å². The van der Waals surface area contributed by atoms with E-state index in [-0.39, 0.29) is 11.9 Å². The second-order valence-electron chi connectivity index (χ2n) is 5.57. The van der Waals surface area contributed by atoms with Gasteiger partial charge in [-0.2, -0.15) is 0 Å². The molecule has 0 bridgehead atoms. The van der Waals surface area contributed by atoms with Gasteiger partial charge in [0.2, 0.25) is 0 Å². The van der Waals surface area contributed by atoms with Crippen LogP contribution in [-0.4, -0.2) is 18.2 Å². The Bertz CT molecular complexity index is 436. The van der Waals surface area contributed by atoms with Crippen molar-refractivity contribution in [2.24, 2.45) is 11.8 Å². The highest BCUT2D eigenvalue weighted by Crippen LogP contribution is 2.38. The molecule has 0 amide bonds. The molecular weight excluding hydrogens is 252 g/mol. The molecule has 0 heterocycles. The lowest BCUT2D eigenvalue weighted by atomic mass is 9.73. The summed E-state index contributed by atoms with van der Waals surface area (Å²) in [6.45, 7) is 7.85. The Labute approximate surface area is 122 Å². The zero-order valence-corrected chi connectivity index (χ0v) is 13.1. The molecule has 0 aromatic heterocycles. The van der Waals surface area contributed by atoms with E-state index in [0.29, 0.717) is 6.42 Å². The van der Waals surface area contributed by atoms with Crippen LogP contribution in [0.3, 0.4) is 0 Å². The number of methoxy groups -OCH3 is 1. The summed E-state index contributed by atoms with van der Waals surface area (Å²) in [6.07, 6.45) is 1.42. The summed E-state index contributed by atoms with van der Waals surface area (Å²) in [6, 6.07) is 7.84. The Morgan fingerprint density at radius 1 is 1.25 bits per heavy atom. The molecule has 0 radical (unpaired) electrons. The molecule has 1 rings (SSSR count). The largest absolute Gasteiger partial charge is 0.469 e. The van der Waals surface area contributed by atoms with Crippen LogP contribution in [0.2, 0.25) is 0 Å². The standard InChI is InChI=1S/C17H26O3/c1-6-13-8-10-14(11-9-13)17(19,7-2)15(12(3)4)16(18)20-5/h8-12,15,19H,6-7H2,1-5H3. The van der Waals surface area contributed by atoms with Crippen LogP contribution < -0.4 is 0 Å². The van der Waals surface area contributed by atoms with Gasteiger partial charge in [0, 0.05) is 0 Å². The van der Waals surface area contributed by atoms with E-state index in [1.807, 2.05) is 45.0 Å². The summed E-state index contributed by atoms with van der Waals surface area (Å²) in [7, 11) is 1.37. The third kappa shape index (κ3) is 3.21. The molecule has 3 heteroatoms. The maximum Gasteiger partial charge on any atom is 0.312 e. The monoisotopic (exact) mass is 278 g/mol. The van der Waals surface area contributed by atoms with E-state index in [1.54, 1.807) is 0 Å².